The molecule has 3 heteroatoms. The SMILES string of the molecule is CN1C(=O)Cc2cc(C(N)C3C4C5CCC(C5)C43)ccc21. The largest absolute Gasteiger partial charge is 0.324 e. The average molecular weight is 282 g/mol. The van der Waals surface area contributed by atoms with Gasteiger partial charge in [-0.25, -0.2) is 0 Å². The molecule has 3 aliphatic carbocycles. The van der Waals surface area contributed by atoms with E-state index in [1.54, 1.807) is 4.90 Å². The van der Waals surface area contributed by atoms with E-state index in [9.17, 15) is 4.79 Å². The fourth-order valence-electron chi connectivity index (χ4n) is 5.79. The Balaban J connectivity index is 1.42. The zero-order valence-electron chi connectivity index (χ0n) is 12.5. The van der Waals surface area contributed by atoms with E-state index in [1.165, 1.54) is 24.8 Å². The summed E-state index contributed by atoms with van der Waals surface area (Å²) in [5.74, 6) is 4.67. The Bertz CT molecular complexity index is 624. The molecule has 0 saturated heterocycles. The van der Waals surface area contributed by atoms with Gasteiger partial charge < -0.3 is 10.6 Å². The number of hydrogen-bond donors (Lipinski definition) is 1. The number of carbonyl (C=O) groups excluding carboxylic acids is 1. The lowest BCUT2D eigenvalue weighted by Gasteiger charge is -2.18. The van der Waals surface area contributed by atoms with Gasteiger partial charge in [-0.2, -0.15) is 0 Å². The third-order valence-corrected chi connectivity index (χ3v) is 6.78. The Hall–Kier alpha value is -1.35. The molecule has 1 amide bonds. The van der Waals surface area contributed by atoms with Crippen LogP contribution in [0.1, 0.15) is 36.4 Å². The highest BCUT2D eigenvalue weighted by Gasteiger charge is 2.66. The minimum atomic E-state index is 0.176. The maximum Gasteiger partial charge on any atom is 0.231 e. The van der Waals surface area contributed by atoms with Gasteiger partial charge in [-0.05, 0) is 66.0 Å². The number of nitrogens with two attached hydrogens (primary N) is 1. The second kappa shape index (κ2) is 3.89. The normalized spacial score (nSPS) is 40.4. The lowest BCUT2D eigenvalue weighted by atomic mass is 9.92. The Morgan fingerprint density at radius 2 is 1.95 bits per heavy atom. The number of anilines is 1. The van der Waals surface area contributed by atoms with Crippen LogP contribution in [0, 0.1) is 29.6 Å². The summed E-state index contributed by atoms with van der Waals surface area (Å²) in [4.78, 5) is 13.6. The van der Waals surface area contributed by atoms with Gasteiger partial charge in [0.05, 0.1) is 6.42 Å². The highest BCUT2D eigenvalue weighted by atomic mass is 16.2. The average Bonchev–Trinajstić information content (AvgIpc) is 2.77. The van der Waals surface area contributed by atoms with E-state index in [-0.39, 0.29) is 11.9 Å². The summed E-state index contributed by atoms with van der Waals surface area (Å²) in [7, 11) is 1.86. The zero-order valence-corrected chi connectivity index (χ0v) is 12.5. The fourth-order valence-corrected chi connectivity index (χ4v) is 5.79. The number of benzene rings is 1. The van der Waals surface area contributed by atoms with Crippen molar-refractivity contribution >= 4 is 11.6 Å². The van der Waals surface area contributed by atoms with E-state index in [1.807, 2.05) is 7.05 Å². The molecule has 21 heavy (non-hydrogen) atoms. The molecule has 0 spiro atoms. The van der Waals surface area contributed by atoms with Crippen molar-refractivity contribution < 1.29 is 4.79 Å². The number of hydrogen-bond acceptors (Lipinski definition) is 2. The molecule has 1 aliphatic heterocycles. The minimum Gasteiger partial charge on any atom is -0.324 e. The van der Waals surface area contributed by atoms with E-state index in [0.717, 1.165) is 34.9 Å². The van der Waals surface area contributed by atoms with Crippen molar-refractivity contribution in [2.75, 3.05) is 11.9 Å². The molecular weight excluding hydrogens is 260 g/mol. The van der Waals surface area contributed by atoms with Crippen LogP contribution >= 0.6 is 0 Å². The van der Waals surface area contributed by atoms with Crippen LogP contribution in [0.25, 0.3) is 0 Å². The van der Waals surface area contributed by atoms with Gasteiger partial charge in [0.2, 0.25) is 5.91 Å². The van der Waals surface area contributed by atoms with Crippen LogP contribution in [0.5, 0.6) is 0 Å². The van der Waals surface area contributed by atoms with Crippen LogP contribution in [-0.4, -0.2) is 13.0 Å². The molecule has 1 aromatic rings. The lowest BCUT2D eigenvalue weighted by Crippen LogP contribution is -2.20. The molecule has 1 aromatic carbocycles. The third-order valence-electron chi connectivity index (χ3n) is 6.78. The summed E-state index contributed by atoms with van der Waals surface area (Å²) in [6.07, 6.45) is 4.90. The van der Waals surface area contributed by atoms with Crippen molar-refractivity contribution in [3.05, 3.63) is 29.3 Å². The molecule has 0 radical (unpaired) electrons. The predicted octanol–water partition coefficient (Wildman–Crippen LogP) is 2.50. The Morgan fingerprint density at radius 3 is 2.67 bits per heavy atom. The first-order chi connectivity index (χ1) is 10.1. The number of likely N-dealkylation sites (N-methyl/N-ethyl adjacent to an activating group) is 1. The fraction of sp³-hybridized carbons (Fsp3) is 0.611. The molecule has 110 valence electrons. The summed E-state index contributed by atoms with van der Waals surface area (Å²) in [5.41, 5.74) is 10.1. The number of amides is 1. The Kier molecular flexibility index (Phi) is 2.26. The molecule has 2 bridgehead atoms. The van der Waals surface area contributed by atoms with E-state index in [0.29, 0.717) is 12.3 Å². The molecule has 3 saturated carbocycles. The summed E-state index contributed by atoms with van der Waals surface area (Å²) >= 11 is 0. The molecule has 5 unspecified atom stereocenters. The number of rotatable bonds is 2. The molecule has 3 fully saturated rings. The number of carbonyl (C=O) groups is 1. The van der Waals surface area contributed by atoms with Crippen LogP contribution in [0.2, 0.25) is 0 Å². The maximum atomic E-state index is 11.8. The number of nitrogens with zero attached hydrogens (tertiary/aromatic N) is 1. The smallest absolute Gasteiger partial charge is 0.231 e. The van der Waals surface area contributed by atoms with E-state index < -0.39 is 0 Å². The van der Waals surface area contributed by atoms with Crippen LogP contribution < -0.4 is 10.6 Å². The quantitative estimate of drug-likeness (QED) is 0.906. The molecule has 1 heterocycles. The Labute approximate surface area is 125 Å². The second-order valence-electron chi connectivity index (χ2n) is 7.61. The van der Waals surface area contributed by atoms with Crippen molar-refractivity contribution in [2.24, 2.45) is 35.3 Å². The van der Waals surface area contributed by atoms with Crippen molar-refractivity contribution in [1.29, 1.82) is 0 Å². The van der Waals surface area contributed by atoms with Gasteiger partial charge in [0.15, 0.2) is 0 Å². The highest BCUT2D eigenvalue weighted by molar-refractivity contribution is 6.00. The first-order valence-corrected chi connectivity index (χ1v) is 8.30. The summed E-state index contributed by atoms with van der Waals surface area (Å²) < 4.78 is 0. The lowest BCUT2D eigenvalue weighted by molar-refractivity contribution is -0.117. The molecule has 5 atom stereocenters. The minimum absolute atomic E-state index is 0.176. The summed E-state index contributed by atoms with van der Waals surface area (Å²) in [6, 6.07) is 6.60. The maximum absolute atomic E-state index is 11.8. The standard InChI is InChI=1S/C18H22N2O/c1-20-13-5-4-11(7-12(13)8-14(20)21)18(19)17-15-9-2-3-10(6-9)16(15)17/h4-5,7,9-10,15-18H,2-3,6,8,19H2,1H3. The van der Waals surface area contributed by atoms with Crippen molar-refractivity contribution in [3.8, 4) is 0 Å². The number of fused-ring (bicyclic) bond motifs is 6. The van der Waals surface area contributed by atoms with E-state index >= 15 is 0 Å². The first-order valence-electron chi connectivity index (χ1n) is 8.30. The first kappa shape index (κ1) is 12.2. The molecule has 5 rings (SSSR count). The van der Waals surface area contributed by atoms with E-state index in [2.05, 4.69) is 18.2 Å². The zero-order chi connectivity index (χ0) is 14.3. The third kappa shape index (κ3) is 1.50. The van der Waals surface area contributed by atoms with Crippen LogP contribution in [0.15, 0.2) is 18.2 Å². The molecular formula is C18H22N2O. The van der Waals surface area contributed by atoms with Crippen molar-refractivity contribution in [1.82, 2.24) is 0 Å². The summed E-state index contributed by atoms with van der Waals surface area (Å²) in [6.45, 7) is 0. The van der Waals surface area contributed by atoms with Crippen molar-refractivity contribution in [2.45, 2.75) is 31.7 Å². The van der Waals surface area contributed by atoms with Gasteiger partial charge in [0, 0.05) is 18.8 Å². The highest BCUT2D eigenvalue weighted by Crippen LogP contribution is 2.71. The van der Waals surface area contributed by atoms with Crippen LogP contribution in [0.4, 0.5) is 5.69 Å². The van der Waals surface area contributed by atoms with Gasteiger partial charge in [-0.15, -0.1) is 0 Å². The van der Waals surface area contributed by atoms with E-state index in [4.69, 9.17) is 5.73 Å². The van der Waals surface area contributed by atoms with Gasteiger partial charge in [0.1, 0.15) is 0 Å². The molecule has 3 nitrogen and oxygen atoms in total. The van der Waals surface area contributed by atoms with Gasteiger partial charge in [0.25, 0.3) is 0 Å². The van der Waals surface area contributed by atoms with Crippen molar-refractivity contribution in [3.63, 3.8) is 0 Å². The van der Waals surface area contributed by atoms with Gasteiger partial charge in [-0.1, -0.05) is 12.1 Å². The molecule has 2 N–H and O–H groups in total. The molecule has 0 aromatic heterocycles. The van der Waals surface area contributed by atoms with Crippen LogP contribution in [-0.2, 0) is 11.2 Å². The second-order valence-corrected chi connectivity index (χ2v) is 7.61. The molecule has 4 aliphatic rings. The topological polar surface area (TPSA) is 46.3 Å². The monoisotopic (exact) mass is 282 g/mol. The van der Waals surface area contributed by atoms with Gasteiger partial charge in [-0.3, -0.25) is 4.79 Å². The predicted molar refractivity (Wildman–Crippen MR) is 81.8 cm³/mol. The summed E-state index contributed by atoms with van der Waals surface area (Å²) in [5, 5.41) is 0. The van der Waals surface area contributed by atoms with Gasteiger partial charge >= 0.3 is 0 Å². The van der Waals surface area contributed by atoms with Crippen LogP contribution in [0.3, 0.4) is 0 Å². The Morgan fingerprint density at radius 1 is 1.24 bits per heavy atom.